The Labute approximate surface area is 138 Å². The van der Waals surface area contributed by atoms with E-state index in [4.69, 9.17) is 0 Å². The average molecular weight is 336 g/mol. The van der Waals surface area contributed by atoms with Crippen molar-refractivity contribution in [1.29, 1.82) is 0 Å². The van der Waals surface area contributed by atoms with E-state index in [9.17, 15) is 13.2 Å². The predicted octanol–water partition coefficient (Wildman–Crippen LogP) is 1.61. The number of rotatable bonds is 3. The summed E-state index contributed by atoms with van der Waals surface area (Å²) in [6, 6.07) is 7.57. The summed E-state index contributed by atoms with van der Waals surface area (Å²) >= 11 is 0. The number of fused-ring (bicyclic) bond motifs is 1. The zero-order valence-electron chi connectivity index (χ0n) is 13.9. The molecule has 3 atom stereocenters. The summed E-state index contributed by atoms with van der Waals surface area (Å²) in [5.41, 5.74) is 1.92. The van der Waals surface area contributed by atoms with Crippen molar-refractivity contribution in [2.45, 2.75) is 45.3 Å². The molecule has 23 heavy (non-hydrogen) atoms. The number of carbonyl (C=O) groups is 1. The highest BCUT2D eigenvalue weighted by Crippen LogP contribution is 2.33. The molecule has 0 aliphatic carbocycles. The smallest absolute Gasteiger partial charge is 0.241 e. The molecule has 2 fully saturated rings. The van der Waals surface area contributed by atoms with Crippen LogP contribution in [-0.4, -0.2) is 55.4 Å². The summed E-state index contributed by atoms with van der Waals surface area (Å²) in [5, 5.41) is 0. The second-order valence-corrected chi connectivity index (χ2v) is 8.89. The minimum Gasteiger partial charge on any atom is -0.306 e. The van der Waals surface area contributed by atoms with Gasteiger partial charge in [0, 0.05) is 17.8 Å². The number of carbonyl (C=O) groups excluding carboxylic acids is 1. The van der Waals surface area contributed by atoms with Gasteiger partial charge in [-0.05, 0) is 32.4 Å². The van der Waals surface area contributed by atoms with Crippen LogP contribution in [0.15, 0.2) is 24.3 Å². The Morgan fingerprint density at radius 2 is 1.78 bits per heavy atom. The van der Waals surface area contributed by atoms with Gasteiger partial charge in [-0.3, -0.25) is 9.69 Å². The highest BCUT2D eigenvalue weighted by atomic mass is 32.2. The third-order valence-electron chi connectivity index (χ3n) is 5.11. The number of hydrogen-bond donors (Lipinski definition) is 0. The number of piperazine rings is 1. The molecule has 2 saturated heterocycles. The number of amides is 1. The predicted molar refractivity (Wildman–Crippen MR) is 91.4 cm³/mol. The summed E-state index contributed by atoms with van der Waals surface area (Å²) < 4.78 is 24.5. The molecule has 2 heterocycles. The van der Waals surface area contributed by atoms with E-state index < -0.39 is 9.84 Å². The maximum Gasteiger partial charge on any atom is 0.241 e. The SMILES string of the molecule is CC[C@@H](C)N1CC(=O)N(c2ccc(C)cc2)[C@@H]2CS(=O)(=O)C[C@@H]21. The molecule has 2 aliphatic rings. The van der Waals surface area contributed by atoms with Gasteiger partial charge in [-0.1, -0.05) is 24.6 Å². The lowest BCUT2D eigenvalue weighted by atomic mass is 10.00. The van der Waals surface area contributed by atoms with E-state index in [1.165, 1.54) is 0 Å². The van der Waals surface area contributed by atoms with Gasteiger partial charge < -0.3 is 4.90 Å². The summed E-state index contributed by atoms with van der Waals surface area (Å²) in [7, 11) is -3.11. The van der Waals surface area contributed by atoms with Crippen LogP contribution in [0.2, 0.25) is 0 Å². The van der Waals surface area contributed by atoms with Crippen molar-refractivity contribution in [3.8, 4) is 0 Å². The fraction of sp³-hybridized carbons (Fsp3) is 0.588. The lowest BCUT2D eigenvalue weighted by Gasteiger charge is -2.45. The van der Waals surface area contributed by atoms with Crippen LogP contribution in [0, 0.1) is 6.92 Å². The Bertz CT molecular complexity index is 699. The molecule has 0 aromatic heterocycles. The van der Waals surface area contributed by atoms with Gasteiger partial charge in [-0.15, -0.1) is 0 Å². The molecule has 6 heteroatoms. The molecule has 0 spiro atoms. The molecule has 0 unspecified atom stereocenters. The third kappa shape index (κ3) is 3.02. The number of nitrogens with zero attached hydrogens (tertiary/aromatic N) is 2. The second-order valence-electron chi connectivity index (χ2n) is 6.74. The van der Waals surface area contributed by atoms with Gasteiger partial charge >= 0.3 is 0 Å². The van der Waals surface area contributed by atoms with Gasteiger partial charge in [-0.25, -0.2) is 8.42 Å². The molecule has 1 aromatic carbocycles. The van der Waals surface area contributed by atoms with E-state index in [-0.39, 0.29) is 35.5 Å². The number of hydrogen-bond acceptors (Lipinski definition) is 4. The Hall–Kier alpha value is -1.40. The summed E-state index contributed by atoms with van der Waals surface area (Å²) in [4.78, 5) is 16.6. The van der Waals surface area contributed by atoms with E-state index in [1.807, 2.05) is 31.2 Å². The molecule has 0 radical (unpaired) electrons. The number of benzene rings is 1. The lowest BCUT2D eigenvalue weighted by Crippen LogP contribution is -2.63. The van der Waals surface area contributed by atoms with Gasteiger partial charge in [0.05, 0.1) is 24.1 Å². The lowest BCUT2D eigenvalue weighted by molar-refractivity contribution is -0.124. The fourth-order valence-corrected chi connectivity index (χ4v) is 5.63. The van der Waals surface area contributed by atoms with Gasteiger partial charge in [0.1, 0.15) is 0 Å². The first-order chi connectivity index (χ1) is 10.8. The summed E-state index contributed by atoms with van der Waals surface area (Å²) in [6.45, 7) is 6.42. The zero-order valence-corrected chi connectivity index (χ0v) is 14.7. The third-order valence-corrected chi connectivity index (χ3v) is 6.81. The van der Waals surface area contributed by atoms with Crippen molar-refractivity contribution in [3.05, 3.63) is 29.8 Å². The molecule has 2 aliphatic heterocycles. The van der Waals surface area contributed by atoms with Crippen LogP contribution in [-0.2, 0) is 14.6 Å². The van der Waals surface area contributed by atoms with Crippen LogP contribution in [0.3, 0.4) is 0 Å². The maximum atomic E-state index is 12.8. The Balaban J connectivity index is 1.99. The molecule has 0 N–H and O–H groups in total. The summed E-state index contributed by atoms with van der Waals surface area (Å²) in [5.74, 6) is 0.203. The molecular formula is C17H24N2O3S. The van der Waals surface area contributed by atoms with Crippen molar-refractivity contribution in [3.63, 3.8) is 0 Å². The fourth-order valence-electron chi connectivity index (χ4n) is 3.67. The van der Waals surface area contributed by atoms with E-state index >= 15 is 0 Å². The minimum absolute atomic E-state index is 0.00694. The topological polar surface area (TPSA) is 57.7 Å². The molecule has 126 valence electrons. The van der Waals surface area contributed by atoms with Gasteiger partial charge in [0.15, 0.2) is 9.84 Å². The first-order valence-corrected chi connectivity index (χ1v) is 9.99. The van der Waals surface area contributed by atoms with Crippen molar-refractivity contribution in [2.75, 3.05) is 23.0 Å². The Morgan fingerprint density at radius 3 is 2.39 bits per heavy atom. The Kier molecular flexibility index (Phi) is 4.23. The van der Waals surface area contributed by atoms with Crippen molar-refractivity contribution in [2.24, 2.45) is 0 Å². The van der Waals surface area contributed by atoms with Crippen LogP contribution >= 0.6 is 0 Å². The van der Waals surface area contributed by atoms with E-state index in [2.05, 4.69) is 18.7 Å². The number of anilines is 1. The van der Waals surface area contributed by atoms with Crippen molar-refractivity contribution >= 4 is 21.4 Å². The normalized spacial score (nSPS) is 28.7. The molecule has 5 nitrogen and oxygen atoms in total. The average Bonchev–Trinajstić information content (AvgIpc) is 2.82. The van der Waals surface area contributed by atoms with E-state index in [0.29, 0.717) is 6.54 Å². The largest absolute Gasteiger partial charge is 0.306 e. The molecule has 3 rings (SSSR count). The van der Waals surface area contributed by atoms with Crippen molar-refractivity contribution < 1.29 is 13.2 Å². The molecule has 0 saturated carbocycles. The van der Waals surface area contributed by atoms with Gasteiger partial charge in [-0.2, -0.15) is 0 Å². The molecule has 0 bridgehead atoms. The van der Waals surface area contributed by atoms with Gasteiger partial charge in [0.2, 0.25) is 5.91 Å². The molecule has 1 aromatic rings. The quantitative estimate of drug-likeness (QED) is 0.841. The maximum absolute atomic E-state index is 12.8. The molecular weight excluding hydrogens is 312 g/mol. The first-order valence-electron chi connectivity index (χ1n) is 8.17. The van der Waals surface area contributed by atoms with Gasteiger partial charge in [0.25, 0.3) is 0 Å². The highest BCUT2D eigenvalue weighted by molar-refractivity contribution is 7.91. The van der Waals surface area contributed by atoms with E-state index in [1.54, 1.807) is 4.90 Å². The van der Waals surface area contributed by atoms with E-state index in [0.717, 1.165) is 17.7 Å². The van der Waals surface area contributed by atoms with Crippen LogP contribution in [0.25, 0.3) is 0 Å². The van der Waals surface area contributed by atoms with Crippen LogP contribution < -0.4 is 4.90 Å². The number of aryl methyl sites for hydroxylation is 1. The second kappa shape index (κ2) is 5.91. The highest BCUT2D eigenvalue weighted by Gasteiger charge is 2.50. The summed E-state index contributed by atoms with van der Waals surface area (Å²) in [6.07, 6.45) is 0.904. The monoisotopic (exact) mass is 336 g/mol. The number of sulfone groups is 1. The molecule has 1 amide bonds. The van der Waals surface area contributed by atoms with Crippen LogP contribution in [0.5, 0.6) is 0 Å². The minimum atomic E-state index is -3.11. The van der Waals surface area contributed by atoms with Crippen LogP contribution in [0.1, 0.15) is 25.8 Å². The van der Waals surface area contributed by atoms with Crippen molar-refractivity contribution in [1.82, 2.24) is 4.90 Å². The zero-order chi connectivity index (χ0) is 16.8. The van der Waals surface area contributed by atoms with Crippen LogP contribution in [0.4, 0.5) is 5.69 Å². The Morgan fingerprint density at radius 1 is 1.17 bits per heavy atom. The first kappa shape index (κ1) is 16.5. The standard InChI is InChI=1S/C17H24N2O3S/c1-4-13(3)18-9-17(20)19(14-7-5-12(2)6-8-14)16-11-23(21,22)10-15(16)18/h5-8,13,15-16H,4,9-11H2,1-3H3/t13-,15+,16-/m1/s1.